The highest BCUT2D eigenvalue weighted by Crippen LogP contribution is 2.61. The van der Waals surface area contributed by atoms with Crippen molar-refractivity contribution in [2.75, 3.05) is 0 Å². The fraction of sp³-hybridized carbons (Fsp3) is 0.0400. The van der Waals surface area contributed by atoms with Gasteiger partial charge in [0.1, 0.15) is 18.1 Å². The van der Waals surface area contributed by atoms with Gasteiger partial charge in [-0.2, -0.15) is 10.9 Å². The highest BCUT2D eigenvalue weighted by Gasteiger charge is 2.24. The first-order valence-corrected chi connectivity index (χ1v) is 11.6. The Morgan fingerprint density at radius 2 is 1.28 bits per heavy atom. The van der Waals surface area contributed by atoms with Crippen molar-refractivity contribution in [1.29, 1.82) is 0 Å². The molecule has 4 aromatic carbocycles. The van der Waals surface area contributed by atoms with E-state index in [9.17, 15) is 5.11 Å². The summed E-state index contributed by atoms with van der Waals surface area (Å²) in [6, 6.07) is 33.1. The van der Waals surface area contributed by atoms with Crippen LogP contribution in [0.4, 0.5) is 0 Å². The van der Waals surface area contributed by atoms with Crippen molar-refractivity contribution in [2.24, 2.45) is 0 Å². The second kappa shape index (κ2) is 7.90. The number of hydrogen-bond acceptors (Lipinski definition) is 3. The number of phenols is 1. The quantitative estimate of drug-likeness (QED) is 0.312. The van der Waals surface area contributed by atoms with Crippen LogP contribution < -0.4 is 4.74 Å². The SMILES string of the molecule is Oc1ccc(COc2ccc([SH]3c4ccccc4Sc4ccccc43)cc2)cc1. The van der Waals surface area contributed by atoms with Gasteiger partial charge >= 0.3 is 0 Å². The summed E-state index contributed by atoms with van der Waals surface area (Å²) in [6.07, 6.45) is 0. The minimum atomic E-state index is -0.572. The van der Waals surface area contributed by atoms with Crippen LogP contribution in [0.2, 0.25) is 0 Å². The maximum Gasteiger partial charge on any atom is 0.119 e. The average Bonchev–Trinajstić information content (AvgIpc) is 2.77. The van der Waals surface area contributed by atoms with Crippen LogP contribution in [0.3, 0.4) is 0 Å². The molecule has 1 heterocycles. The van der Waals surface area contributed by atoms with E-state index in [0.29, 0.717) is 6.61 Å². The van der Waals surface area contributed by atoms with Gasteiger partial charge in [-0.15, -0.1) is 0 Å². The van der Waals surface area contributed by atoms with E-state index >= 15 is 0 Å². The van der Waals surface area contributed by atoms with E-state index < -0.39 is 10.9 Å². The Kier molecular flexibility index (Phi) is 4.96. The lowest BCUT2D eigenvalue weighted by Crippen LogP contribution is -1.98. The van der Waals surface area contributed by atoms with Crippen molar-refractivity contribution in [3.8, 4) is 11.5 Å². The number of phenolic OH excluding ortho intramolecular Hbond substituents is 1. The molecular formula is C25H20O2S2. The standard InChI is InChI=1S/C25H20O2S2/c26-19-11-9-18(10-12-19)17-27-20-13-15-21(16-14-20)29-24-7-3-1-5-22(24)28-23-6-2-4-8-25(23)29/h1-16,26,29H,17H2. The number of fused-ring (bicyclic) bond motifs is 2. The van der Waals surface area contributed by atoms with Crippen molar-refractivity contribution in [3.63, 3.8) is 0 Å². The molecule has 1 aliphatic rings. The Morgan fingerprint density at radius 1 is 0.690 bits per heavy atom. The zero-order valence-corrected chi connectivity index (χ0v) is 17.4. The van der Waals surface area contributed by atoms with E-state index in [4.69, 9.17) is 4.74 Å². The van der Waals surface area contributed by atoms with E-state index in [0.717, 1.165) is 11.3 Å². The van der Waals surface area contributed by atoms with Gasteiger partial charge in [0.25, 0.3) is 0 Å². The molecule has 4 heteroatoms. The Hall–Kier alpha value is -2.82. The molecule has 29 heavy (non-hydrogen) atoms. The summed E-state index contributed by atoms with van der Waals surface area (Å²) < 4.78 is 5.93. The lowest BCUT2D eigenvalue weighted by molar-refractivity contribution is 0.306. The van der Waals surface area contributed by atoms with Crippen molar-refractivity contribution in [1.82, 2.24) is 0 Å². The van der Waals surface area contributed by atoms with Crippen LogP contribution in [-0.2, 0) is 6.61 Å². The van der Waals surface area contributed by atoms with E-state index in [-0.39, 0.29) is 5.75 Å². The van der Waals surface area contributed by atoms with E-state index in [1.54, 1.807) is 12.1 Å². The summed E-state index contributed by atoms with van der Waals surface area (Å²) in [6.45, 7) is 0.483. The summed E-state index contributed by atoms with van der Waals surface area (Å²) in [7, 11) is -0.572. The van der Waals surface area contributed by atoms with Gasteiger partial charge in [0.2, 0.25) is 0 Å². The third kappa shape index (κ3) is 3.74. The molecule has 2 nitrogen and oxygen atoms in total. The van der Waals surface area contributed by atoms with Gasteiger partial charge in [-0.3, -0.25) is 0 Å². The number of thiol groups is 1. The second-order valence-corrected chi connectivity index (χ2v) is 10.1. The molecule has 1 aliphatic heterocycles. The van der Waals surface area contributed by atoms with Crippen LogP contribution in [0.25, 0.3) is 0 Å². The van der Waals surface area contributed by atoms with Crippen LogP contribution in [-0.4, -0.2) is 5.11 Å². The normalized spacial score (nSPS) is 13.4. The molecule has 5 rings (SSSR count). The molecule has 0 amide bonds. The summed E-state index contributed by atoms with van der Waals surface area (Å²) >= 11 is 1.86. The molecule has 0 bridgehead atoms. The molecule has 4 aromatic rings. The van der Waals surface area contributed by atoms with Crippen LogP contribution >= 0.6 is 22.7 Å². The minimum absolute atomic E-state index is 0.270. The highest BCUT2D eigenvalue weighted by molar-refractivity contribution is 8.18. The Bertz CT molecular complexity index is 1090. The molecule has 0 saturated heterocycles. The maximum absolute atomic E-state index is 9.40. The Morgan fingerprint density at radius 3 is 1.90 bits per heavy atom. The van der Waals surface area contributed by atoms with Crippen molar-refractivity contribution >= 4 is 22.7 Å². The molecule has 0 fully saturated rings. The van der Waals surface area contributed by atoms with Crippen LogP contribution in [0.1, 0.15) is 5.56 Å². The molecular weight excluding hydrogens is 396 g/mol. The van der Waals surface area contributed by atoms with E-state index in [1.807, 2.05) is 23.9 Å². The zero-order valence-electron chi connectivity index (χ0n) is 15.7. The summed E-state index contributed by atoms with van der Waals surface area (Å²) in [4.78, 5) is 6.88. The predicted octanol–water partition coefficient (Wildman–Crippen LogP) is 6.91. The smallest absolute Gasteiger partial charge is 0.119 e. The molecule has 0 aromatic heterocycles. The van der Waals surface area contributed by atoms with E-state index in [1.165, 1.54) is 24.5 Å². The topological polar surface area (TPSA) is 29.5 Å². The minimum Gasteiger partial charge on any atom is -0.508 e. The first kappa shape index (κ1) is 18.2. The summed E-state index contributed by atoms with van der Waals surface area (Å²) in [5.41, 5.74) is 1.03. The van der Waals surface area contributed by atoms with Gasteiger partial charge in [0.05, 0.1) is 0 Å². The summed E-state index contributed by atoms with van der Waals surface area (Å²) in [5.74, 6) is 1.12. The van der Waals surface area contributed by atoms with Crippen LogP contribution in [0.15, 0.2) is 122 Å². The Labute approximate surface area is 177 Å². The Balaban J connectivity index is 1.42. The fourth-order valence-corrected chi connectivity index (χ4v) is 7.45. The van der Waals surface area contributed by atoms with Gasteiger partial charge in [-0.25, -0.2) is 0 Å². The maximum atomic E-state index is 9.40. The van der Waals surface area contributed by atoms with Gasteiger partial charge in [0.15, 0.2) is 0 Å². The number of benzene rings is 4. The number of rotatable bonds is 4. The van der Waals surface area contributed by atoms with Crippen LogP contribution in [0.5, 0.6) is 11.5 Å². The number of hydrogen-bond donors (Lipinski definition) is 2. The van der Waals surface area contributed by atoms with Crippen molar-refractivity contribution < 1.29 is 9.84 Å². The third-order valence-corrected chi connectivity index (χ3v) is 8.88. The molecule has 0 radical (unpaired) electrons. The first-order chi connectivity index (χ1) is 14.3. The number of ether oxygens (including phenoxy) is 1. The predicted molar refractivity (Wildman–Crippen MR) is 120 cm³/mol. The highest BCUT2D eigenvalue weighted by atomic mass is 32.2. The molecule has 0 aliphatic carbocycles. The zero-order chi connectivity index (χ0) is 19.6. The molecule has 0 atom stereocenters. The summed E-state index contributed by atoms with van der Waals surface area (Å²) in [5, 5.41) is 9.40. The average molecular weight is 417 g/mol. The lowest BCUT2D eigenvalue weighted by atomic mass is 10.2. The number of aromatic hydroxyl groups is 1. The second-order valence-electron chi connectivity index (χ2n) is 6.82. The molecule has 144 valence electrons. The molecule has 1 N–H and O–H groups in total. The van der Waals surface area contributed by atoms with Gasteiger partial charge in [-0.05, 0) is 71.1 Å². The van der Waals surface area contributed by atoms with Crippen molar-refractivity contribution in [2.45, 2.75) is 31.1 Å². The van der Waals surface area contributed by atoms with E-state index in [2.05, 4.69) is 72.8 Å². The monoisotopic (exact) mass is 416 g/mol. The van der Waals surface area contributed by atoms with Gasteiger partial charge in [0, 0.05) is 19.6 Å². The lowest BCUT2D eigenvalue weighted by Gasteiger charge is -2.31. The van der Waals surface area contributed by atoms with Crippen molar-refractivity contribution in [3.05, 3.63) is 103 Å². The molecule has 0 unspecified atom stereocenters. The molecule has 0 saturated carbocycles. The third-order valence-electron chi connectivity index (χ3n) is 4.87. The first-order valence-electron chi connectivity index (χ1n) is 9.45. The van der Waals surface area contributed by atoms with Gasteiger partial charge in [-0.1, -0.05) is 48.2 Å². The van der Waals surface area contributed by atoms with Crippen LogP contribution in [0, 0.1) is 0 Å². The fourth-order valence-electron chi connectivity index (χ4n) is 3.43. The molecule has 0 spiro atoms. The largest absolute Gasteiger partial charge is 0.508 e. The van der Waals surface area contributed by atoms with Gasteiger partial charge < -0.3 is 9.84 Å².